The molecule has 1 amide bonds. The number of hydrogen-bond acceptors (Lipinski definition) is 4. The van der Waals surface area contributed by atoms with Crippen molar-refractivity contribution in [3.05, 3.63) is 76.4 Å². The monoisotopic (exact) mass is 324 g/mol. The Morgan fingerprint density at radius 2 is 1.78 bits per heavy atom. The molecule has 6 heteroatoms. The van der Waals surface area contributed by atoms with Crippen molar-refractivity contribution in [2.45, 2.75) is 0 Å². The molecule has 23 heavy (non-hydrogen) atoms. The number of carbonyl (C=O) groups excluding carboxylic acids is 1. The number of guanidine groups is 1. The fourth-order valence-corrected chi connectivity index (χ4v) is 2.07. The van der Waals surface area contributed by atoms with Gasteiger partial charge in [0.15, 0.2) is 0 Å². The molecular weight excluding hydrogens is 312 g/mol. The van der Waals surface area contributed by atoms with Crippen molar-refractivity contribution in [2.75, 3.05) is 0 Å². The van der Waals surface area contributed by atoms with Crippen LogP contribution in [0.2, 0.25) is 5.02 Å². The highest BCUT2D eigenvalue weighted by atomic mass is 35.5. The minimum absolute atomic E-state index is 0.280. The van der Waals surface area contributed by atoms with E-state index in [9.17, 15) is 4.79 Å². The maximum atomic E-state index is 11.9. The highest BCUT2D eigenvalue weighted by Gasteiger charge is 2.19. The summed E-state index contributed by atoms with van der Waals surface area (Å²) in [6.07, 6.45) is 3.33. The van der Waals surface area contributed by atoms with Gasteiger partial charge in [0, 0.05) is 5.02 Å². The average Bonchev–Trinajstić information content (AvgIpc) is 2.90. The Hall–Kier alpha value is -2.92. The zero-order chi connectivity index (χ0) is 16.1. The molecule has 0 fully saturated rings. The molecule has 0 radical (unpaired) electrons. The maximum absolute atomic E-state index is 11.9. The van der Waals surface area contributed by atoms with E-state index in [4.69, 9.17) is 11.6 Å². The van der Waals surface area contributed by atoms with E-state index in [-0.39, 0.29) is 5.91 Å². The molecule has 0 atom stereocenters. The summed E-state index contributed by atoms with van der Waals surface area (Å²) < 4.78 is 0. The zero-order valence-corrected chi connectivity index (χ0v) is 12.8. The molecule has 2 aromatic rings. The Balaban J connectivity index is 1.69. The molecule has 5 nitrogen and oxygen atoms in total. The topological polar surface area (TPSA) is 65.8 Å². The van der Waals surface area contributed by atoms with E-state index < -0.39 is 0 Å². The molecule has 0 saturated heterocycles. The fraction of sp³-hybridized carbons (Fsp3) is 0. The Morgan fingerprint density at radius 1 is 1.04 bits per heavy atom. The highest BCUT2D eigenvalue weighted by Crippen LogP contribution is 2.14. The van der Waals surface area contributed by atoms with Crippen LogP contribution < -0.4 is 10.7 Å². The lowest BCUT2D eigenvalue weighted by Gasteiger charge is -1.97. The van der Waals surface area contributed by atoms with Crippen molar-refractivity contribution in [1.82, 2.24) is 10.7 Å². The van der Waals surface area contributed by atoms with Crippen molar-refractivity contribution in [3.63, 3.8) is 0 Å². The molecule has 1 heterocycles. The Kier molecular flexibility index (Phi) is 4.49. The molecule has 0 unspecified atom stereocenters. The molecular formula is C17H13ClN4O. The van der Waals surface area contributed by atoms with Gasteiger partial charge in [-0.15, -0.1) is 0 Å². The summed E-state index contributed by atoms with van der Waals surface area (Å²) >= 11 is 5.83. The summed E-state index contributed by atoms with van der Waals surface area (Å²) in [5.74, 6) is 0.0137. The number of rotatable bonds is 3. The summed E-state index contributed by atoms with van der Waals surface area (Å²) in [6, 6.07) is 16.8. The van der Waals surface area contributed by atoms with E-state index in [1.54, 1.807) is 24.4 Å². The van der Waals surface area contributed by atoms with E-state index in [1.807, 2.05) is 42.5 Å². The lowest BCUT2D eigenvalue weighted by Crippen LogP contribution is -2.33. The van der Waals surface area contributed by atoms with Crippen LogP contribution in [0, 0.1) is 0 Å². The van der Waals surface area contributed by atoms with Gasteiger partial charge in [0.2, 0.25) is 5.96 Å². The van der Waals surface area contributed by atoms with Gasteiger partial charge in [-0.1, -0.05) is 54.1 Å². The van der Waals surface area contributed by atoms with Crippen LogP contribution >= 0.6 is 11.6 Å². The SMILES string of the molecule is O=C1NC(N/N=C/c2ccccc2)=N/C1=C/c1ccc(Cl)cc1. The molecule has 3 rings (SSSR count). The van der Waals surface area contributed by atoms with Gasteiger partial charge >= 0.3 is 0 Å². The maximum Gasteiger partial charge on any atom is 0.276 e. The second-order valence-electron chi connectivity index (χ2n) is 4.78. The van der Waals surface area contributed by atoms with Gasteiger partial charge in [-0.3, -0.25) is 10.1 Å². The lowest BCUT2D eigenvalue weighted by atomic mass is 10.2. The smallest absolute Gasteiger partial charge is 0.276 e. The van der Waals surface area contributed by atoms with Crippen LogP contribution in [0.15, 0.2) is 70.4 Å². The predicted molar refractivity (Wildman–Crippen MR) is 92.2 cm³/mol. The van der Waals surface area contributed by atoms with Crippen LogP contribution in [0.5, 0.6) is 0 Å². The van der Waals surface area contributed by atoms with Crippen LogP contribution in [-0.4, -0.2) is 18.1 Å². The van der Waals surface area contributed by atoms with E-state index in [0.29, 0.717) is 16.7 Å². The van der Waals surface area contributed by atoms with Crippen molar-refractivity contribution < 1.29 is 4.79 Å². The molecule has 2 N–H and O–H groups in total. The van der Waals surface area contributed by atoms with Gasteiger partial charge in [0.25, 0.3) is 5.91 Å². The van der Waals surface area contributed by atoms with Gasteiger partial charge in [-0.2, -0.15) is 5.10 Å². The van der Waals surface area contributed by atoms with Crippen LogP contribution in [-0.2, 0) is 4.79 Å². The molecule has 0 aromatic heterocycles. The third-order valence-electron chi connectivity index (χ3n) is 3.05. The number of halogens is 1. The van der Waals surface area contributed by atoms with E-state index in [0.717, 1.165) is 11.1 Å². The van der Waals surface area contributed by atoms with Gasteiger partial charge < -0.3 is 0 Å². The first-order chi connectivity index (χ1) is 11.2. The molecule has 1 aliphatic heterocycles. The Bertz CT molecular complexity index is 795. The van der Waals surface area contributed by atoms with Crippen molar-refractivity contribution in [3.8, 4) is 0 Å². The number of nitrogens with zero attached hydrogens (tertiary/aromatic N) is 2. The minimum Gasteiger partial charge on any atom is -0.289 e. The summed E-state index contributed by atoms with van der Waals surface area (Å²) in [5, 5.41) is 7.30. The Labute approximate surface area is 138 Å². The third kappa shape index (κ3) is 4.05. The zero-order valence-electron chi connectivity index (χ0n) is 12.0. The average molecular weight is 325 g/mol. The lowest BCUT2D eigenvalue weighted by molar-refractivity contribution is -0.115. The number of carbonyl (C=O) groups is 1. The van der Waals surface area contributed by atoms with Crippen LogP contribution in [0.25, 0.3) is 6.08 Å². The van der Waals surface area contributed by atoms with E-state index >= 15 is 0 Å². The van der Waals surface area contributed by atoms with Gasteiger partial charge in [-0.05, 0) is 29.3 Å². The highest BCUT2D eigenvalue weighted by molar-refractivity contribution is 6.30. The molecule has 0 bridgehead atoms. The Morgan fingerprint density at radius 3 is 2.52 bits per heavy atom. The number of hydrogen-bond donors (Lipinski definition) is 2. The largest absolute Gasteiger partial charge is 0.289 e. The normalized spacial score (nSPS) is 15.8. The van der Waals surface area contributed by atoms with Crippen LogP contribution in [0.3, 0.4) is 0 Å². The standard InChI is InChI=1S/C17H13ClN4O/c18-14-8-6-12(7-9-14)10-15-16(23)21-17(20-15)22-19-11-13-4-2-1-3-5-13/h1-11H,(H2,20,21,22,23)/b15-10+,19-11+. The first kappa shape index (κ1) is 15.0. The van der Waals surface area contributed by atoms with Gasteiger partial charge in [-0.25, -0.2) is 10.4 Å². The predicted octanol–water partition coefficient (Wildman–Crippen LogP) is 2.79. The van der Waals surface area contributed by atoms with Crippen LogP contribution in [0.4, 0.5) is 0 Å². The van der Waals surface area contributed by atoms with Crippen molar-refractivity contribution in [2.24, 2.45) is 10.1 Å². The molecule has 0 aliphatic carbocycles. The van der Waals surface area contributed by atoms with Crippen LogP contribution in [0.1, 0.15) is 11.1 Å². The van der Waals surface area contributed by atoms with Crippen molar-refractivity contribution >= 4 is 35.8 Å². The molecule has 114 valence electrons. The molecule has 0 saturated carbocycles. The first-order valence-electron chi connectivity index (χ1n) is 6.92. The molecule has 1 aliphatic rings. The van der Waals surface area contributed by atoms with Gasteiger partial charge in [0.1, 0.15) is 5.70 Å². The number of aliphatic imine (C=N–C) groups is 1. The van der Waals surface area contributed by atoms with E-state index in [2.05, 4.69) is 20.8 Å². The molecule has 0 spiro atoms. The first-order valence-corrected chi connectivity index (χ1v) is 7.30. The minimum atomic E-state index is -0.280. The number of amides is 1. The summed E-state index contributed by atoms with van der Waals surface area (Å²) in [6.45, 7) is 0. The van der Waals surface area contributed by atoms with Gasteiger partial charge in [0.05, 0.1) is 6.21 Å². The summed E-state index contributed by atoms with van der Waals surface area (Å²) in [5.41, 5.74) is 4.81. The fourth-order valence-electron chi connectivity index (χ4n) is 1.95. The number of hydrazone groups is 1. The summed E-state index contributed by atoms with van der Waals surface area (Å²) in [7, 11) is 0. The quantitative estimate of drug-likeness (QED) is 0.518. The second-order valence-corrected chi connectivity index (χ2v) is 5.21. The molecule has 2 aromatic carbocycles. The number of nitrogens with one attached hydrogen (secondary N) is 2. The second kappa shape index (κ2) is 6.89. The third-order valence-corrected chi connectivity index (χ3v) is 3.31. The van der Waals surface area contributed by atoms with Crippen molar-refractivity contribution in [1.29, 1.82) is 0 Å². The van der Waals surface area contributed by atoms with E-state index in [1.165, 1.54) is 0 Å². The summed E-state index contributed by atoms with van der Waals surface area (Å²) in [4.78, 5) is 16.1. The number of benzene rings is 2.